The first-order valence-corrected chi connectivity index (χ1v) is 9.07. The van der Waals surface area contributed by atoms with Gasteiger partial charge >= 0.3 is 5.63 Å². The molecule has 1 aromatic carbocycles. The number of rotatable bonds is 5. The highest BCUT2D eigenvalue weighted by atomic mass is 16.4. The molecule has 5 heteroatoms. The third kappa shape index (κ3) is 3.02. The lowest BCUT2D eigenvalue weighted by molar-refractivity contribution is -0.121. The monoisotopic (exact) mass is 355 g/mol. The Balaban J connectivity index is 2.09. The van der Waals surface area contributed by atoms with Crippen LogP contribution in [0.3, 0.4) is 0 Å². The summed E-state index contributed by atoms with van der Waals surface area (Å²) >= 11 is 0. The van der Waals surface area contributed by atoms with Gasteiger partial charge in [0.05, 0.1) is 0 Å². The summed E-state index contributed by atoms with van der Waals surface area (Å²) < 4.78 is 11.5. The standard InChI is InChI=1S/C21H25NO4/c1-6-9-22-18(23)8-7-15-12(3)17-10-16-11(2)14(5)25-19(16)13(4)20(17)26-21(15)24/h10H,6-9H2,1-5H3,(H,22,23). The summed E-state index contributed by atoms with van der Waals surface area (Å²) in [6.07, 6.45) is 1.55. The van der Waals surface area contributed by atoms with E-state index in [-0.39, 0.29) is 18.0 Å². The van der Waals surface area contributed by atoms with Gasteiger partial charge < -0.3 is 14.2 Å². The first-order valence-electron chi connectivity index (χ1n) is 9.07. The highest BCUT2D eigenvalue weighted by molar-refractivity contribution is 6.00. The van der Waals surface area contributed by atoms with E-state index in [0.29, 0.717) is 24.1 Å². The van der Waals surface area contributed by atoms with Crippen LogP contribution in [0.15, 0.2) is 19.7 Å². The van der Waals surface area contributed by atoms with Gasteiger partial charge in [-0.1, -0.05) is 6.92 Å². The fraction of sp³-hybridized carbons (Fsp3) is 0.429. The molecule has 0 aliphatic heterocycles. The number of fused-ring (bicyclic) bond motifs is 2. The second kappa shape index (κ2) is 6.98. The molecule has 0 radical (unpaired) electrons. The number of aryl methyl sites for hydroxylation is 4. The highest BCUT2D eigenvalue weighted by Gasteiger charge is 2.19. The Morgan fingerprint density at radius 3 is 2.35 bits per heavy atom. The lowest BCUT2D eigenvalue weighted by atomic mass is 9.98. The van der Waals surface area contributed by atoms with Crippen LogP contribution in [0.25, 0.3) is 21.9 Å². The van der Waals surface area contributed by atoms with Gasteiger partial charge in [0.15, 0.2) is 0 Å². The van der Waals surface area contributed by atoms with E-state index in [2.05, 4.69) is 5.32 Å². The lowest BCUT2D eigenvalue weighted by Crippen LogP contribution is -2.25. The molecule has 1 amide bonds. The van der Waals surface area contributed by atoms with E-state index in [1.165, 1.54) is 0 Å². The average molecular weight is 355 g/mol. The molecule has 0 saturated heterocycles. The largest absolute Gasteiger partial charge is 0.461 e. The van der Waals surface area contributed by atoms with Crippen molar-refractivity contribution in [1.29, 1.82) is 0 Å². The molecule has 0 spiro atoms. The minimum absolute atomic E-state index is 0.0429. The van der Waals surface area contributed by atoms with Gasteiger partial charge in [0.25, 0.3) is 0 Å². The molecule has 0 unspecified atom stereocenters. The number of nitrogens with one attached hydrogen (secondary N) is 1. The number of hydrogen-bond donors (Lipinski definition) is 1. The van der Waals surface area contributed by atoms with Crippen LogP contribution in [0.2, 0.25) is 0 Å². The molecule has 2 heterocycles. The maximum atomic E-state index is 12.5. The maximum Gasteiger partial charge on any atom is 0.339 e. The van der Waals surface area contributed by atoms with Gasteiger partial charge in [0, 0.05) is 34.9 Å². The van der Waals surface area contributed by atoms with Gasteiger partial charge in [0.2, 0.25) is 5.91 Å². The van der Waals surface area contributed by atoms with Gasteiger partial charge in [0.1, 0.15) is 16.9 Å². The first kappa shape index (κ1) is 18.2. The number of carbonyl (C=O) groups excluding carboxylic acids is 1. The van der Waals surface area contributed by atoms with Crippen molar-refractivity contribution in [3.05, 3.63) is 44.5 Å². The van der Waals surface area contributed by atoms with Crippen LogP contribution in [0, 0.1) is 27.7 Å². The minimum atomic E-state index is -0.374. The first-order chi connectivity index (χ1) is 12.3. The van der Waals surface area contributed by atoms with Crippen molar-refractivity contribution in [2.45, 2.75) is 53.9 Å². The van der Waals surface area contributed by atoms with Crippen molar-refractivity contribution in [3.8, 4) is 0 Å². The summed E-state index contributed by atoms with van der Waals surface area (Å²) in [6.45, 7) is 10.5. The molecular formula is C21H25NO4. The minimum Gasteiger partial charge on any atom is -0.461 e. The van der Waals surface area contributed by atoms with Gasteiger partial charge in [-0.05, 0) is 57.7 Å². The summed E-state index contributed by atoms with van der Waals surface area (Å²) in [5.74, 6) is 0.824. The molecule has 0 aliphatic rings. The van der Waals surface area contributed by atoms with Crippen LogP contribution in [0.5, 0.6) is 0 Å². The molecule has 0 saturated carbocycles. The van der Waals surface area contributed by atoms with Crippen molar-refractivity contribution in [2.75, 3.05) is 6.54 Å². The Hall–Kier alpha value is -2.56. The van der Waals surface area contributed by atoms with Crippen molar-refractivity contribution in [2.24, 2.45) is 0 Å². The number of amides is 1. The molecule has 2 aromatic heterocycles. The topological polar surface area (TPSA) is 72.5 Å². The predicted octanol–water partition coefficient (Wildman–Crippen LogP) is 4.23. The molecule has 0 fully saturated rings. The number of hydrogen-bond acceptors (Lipinski definition) is 4. The van der Waals surface area contributed by atoms with Gasteiger partial charge in [-0.25, -0.2) is 4.79 Å². The van der Waals surface area contributed by atoms with Crippen molar-refractivity contribution in [3.63, 3.8) is 0 Å². The summed E-state index contributed by atoms with van der Waals surface area (Å²) in [7, 11) is 0. The molecule has 3 aromatic rings. The second-order valence-electron chi connectivity index (χ2n) is 6.88. The van der Waals surface area contributed by atoms with Crippen molar-refractivity contribution < 1.29 is 13.6 Å². The summed E-state index contributed by atoms with van der Waals surface area (Å²) in [4.78, 5) is 24.4. The Morgan fingerprint density at radius 2 is 1.65 bits per heavy atom. The smallest absolute Gasteiger partial charge is 0.339 e. The molecule has 0 bridgehead atoms. The van der Waals surface area contributed by atoms with Crippen LogP contribution in [-0.2, 0) is 11.2 Å². The molecule has 3 rings (SSSR count). The van der Waals surface area contributed by atoms with E-state index >= 15 is 0 Å². The molecule has 26 heavy (non-hydrogen) atoms. The van der Waals surface area contributed by atoms with Crippen molar-refractivity contribution in [1.82, 2.24) is 5.32 Å². The molecule has 0 aliphatic carbocycles. The van der Waals surface area contributed by atoms with Gasteiger partial charge in [-0.3, -0.25) is 4.79 Å². The van der Waals surface area contributed by atoms with E-state index in [4.69, 9.17) is 8.83 Å². The Bertz CT molecular complexity index is 1060. The van der Waals surface area contributed by atoms with E-state index < -0.39 is 0 Å². The van der Waals surface area contributed by atoms with Crippen molar-refractivity contribution >= 4 is 27.8 Å². The zero-order valence-electron chi connectivity index (χ0n) is 16.0. The molecule has 5 nitrogen and oxygen atoms in total. The summed E-state index contributed by atoms with van der Waals surface area (Å²) in [5.41, 5.74) is 4.33. The van der Waals surface area contributed by atoms with E-state index in [9.17, 15) is 9.59 Å². The summed E-state index contributed by atoms with van der Waals surface area (Å²) in [5, 5.41) is 4.78. The van der Waals surface area contributed by atoms with Crippen LogP contribution < -0.4 is 10.9 Å². The fourth-order valence-corrected chi connectivity index (χ4v) is 3.37. The third-order valence-electron chi connectivity index (χ3n) is 5.12. The number of benzene rings is 1. The second-order valence-corrected chi connectivity index (χ2v) is 6.88. The Labute approximate surface area is 152 Å². The zero-order valence-corrected chi connectivity index (χ0v) is 16.0. The third-order valence-corrected chi connectivity index (χ3v) is 5.12. The fourth-order valence-electron chi connectivity index (χ4n) is 3.37. The average Bonchev–Trinajstić information content (AvgIpc) is 2.89. The van der Waals surface area contributed by atoms with Crippen LogP contribution in [0.4, 0.5) is 0 Å². The van der Waals surface area contributed by atoms with Crippen LogP contribution in [0.1, 0.15) is 47.8 Å². The van der Waals surface area contributed by atoms with Crippen LogP contribution in [-0.4, -0.2) is 12.5 Å². The number of furan rings is 1. The number of carbonyl (C=O) groups is 1. The highest BCUT2D eigenvalue weighted by Crippen LogP contribution is 2.34. The normalized spacial score (nSPS) is 11.4. The van der Waals surface area contributed by atoms with E-state index in [0.717, 1.165) is 45.2 Å². The molecule has 0 atom stereocenters. The zero-order chi connectivity index (χ0) is 19.0. The van der Waals surface area contributed by atoms with Crippen LogP contribution >= 0.6 is 0 Å². The maximum absolute atomic E-state index is 12.5. The van der Waals surface area contributed by atoms with Gasteiger partial charge in [-0.2, -0.15) is 0 Å². The Morgan fingerprint density at radius 1 is 1.00 bits per heavy atom. The SMILES string of the molecule is CCCNC(=O)CCc1c(C)c2cc3c(C)c(C)oc3c(C)c2oc1=O. The molecule has 1 N–H and O–H groups in total. The van der Waals surface area contributed by atoms with E-state index in [1.807, 2.05) is 40.7 Å². The Kier molecular flexibility index (Phi) is 4.90. The quantitative estimate of drug-likeness (QED) is 0.695. The predicted molar refractivity (Wildman–Crippen MR) is 103 cm³/mol. The molecule has 138 valence electrons. The molecular weight excluding hydrogens is 330 g/mol. The van der Waals surface area contributed by atoms with Gasteiger partial charge in [-0.15, -0.1) is 0 Å². The van der Waals surface area contributed by atoms with E-state index in [1.54, 1.807) is 0 Å². The lowest BCUT2D eigenvalue weighted by Gasteiger charge is -2.10. The summed E-state index contributed by atoms with van der Waals surface area (Å²) in [6, 6.07) is 2.03.